The molecule has 8 heteroatoms. The minimum Gasteiger partial charge on any atom is -0.487 e. The fraction of sp³-hybridized carbons (Fsp3) is 0.133. The third-order valence-corrected chi connectivity index (χ3v) is 3.99. The summed E-state index contributed by atoms with van der Waals surface area (Å²) in [5, 5.41) is 10.5. The Morgan fingerprint density at radius 1 is 1.22 bits per heavy atom. The van der Waals surface area contributed by atoms with Crippen molar-refractivity contribution in [2.24, 2.45) is 0 Å². The van der Waals surface area contributed by atoms with Crippen molar-refractivity contribution in [2.45, 2.75) is 13.5 Å². The number of nitrogens with zero attached hydrogens (tertiary/aromatic N) is 3. The van der Waals surface area contributed by atoms with E-state index in [1.165, 1.54) is 4.68 Å². The van der Waals surface area contributed by atoms with Gasteiger partial charge in [0.05, 0.1) is 10.7 Å². The van der Waals surface area contributed by atoms with Crippen LogP contribution in [0.1, 0.15) is 11.1 Å². The third kappa shape index (κ3) is 3.23. The number of aromatic nitrogens is 4. The molecular formula is C15H12Cl2N4O2. The summed E-state index contributed by atoms with van der Waals surface area (Å²) in [4.78, 5) is 11.7. The Morgan fingerprint density at radius 2 is 2.00 bits per heavy atom. The zero-order valence-corrected chi connectivity index (χ0v) is 13.6. The molecule has 0 unspecified atom stereocenters. The number of hydrogen-bond acceptors (Lipinski definition) is 4. The molecule has 3 rings (SSSR count). The second kappa shape index (κ2) is 6.44. The van der Waals surface area contributed by atoms with Crippen LogP contribution in [0.25, 0.3) is 5.69 Å². The van der Waals surface area contributed by atoms with Crippen LogP contribution in [0.4, 0.5) is 0 Å². The highest BCUT2D eigenvalue weighted by Gasteiger charge is 2.11. The van der Waals surface area contributed by atoms with Gasteiger partial charge in [-0.05, 0) is 35.0 Å². The maximum Gasteiger partial charge on any atom is 0.365 e. The van der Waals surface area contributed by atoms with Crippen molar-refractivity contribution in [1.82, 2.24) is 20.2 Å². The summed E-state index contributed by atoms with van der Waals surface area (Å²) in [6, 6.07) is 10.6. The lowest BCUT2D eigenvalue weighted by Crippen LogP contribution is -2.18. The molecule has 0 bridgehead atoms. The van der Waals surface area contributed by atoms with Gasteiger partial charge in [-0.2, -0.15) is 4.68 Å². The number of aromatic amines is 1. The number of tetrazole rings is 1. The van der Waals surface area contributed by atoms with Gasteiger partial charge in [0.1, 0.15) is 12.4 Å². The van der Waals surface area contributed by atoms with E-state index in [1.54, 1.807) is 24.3 Å². The first-order valence-electron chi connectivity index (χ1n) is 6.73. The van der Waals surface area contributed by atoms with Gasteiger partial charge in [-0.1, -0.05) is 41.4 Å². The summed E-state index contributed by atoms with van der Waals surface area (Å²) >= 11 is 12.3. The Morgan fingerprint density at radius 3 is 2.74 bits per heavy atom. The predicted molar refractivity (Wildman–Crippen MR) is 87.5 cm³/mol. The van der Waals surface area contributed by atoms with E-state index >= 15 is 0 Å². The van der Waals surface area contributed by atoms with Crippen LogP contribution in [0.2, 0.25) is 10.0 Å². The Kier molecular flexibility index (Phi) is 4.36. The molecule has 0 aliphatic rings. The largest absolute Gasteiger partial charge is 0.487 e. The van der Waals surface area contributed by atoms with E-state index in [1.807, 2.05) is 19.1 Å². The molecule has 3 aromatic rings. The number of hydrogen-bond donors (Lipinski definition) is 1. The van der Waals surface area contributed by atoms with Crippen LogP contribution < -0.4 is 10.4 Å². The Labute approximate surface area is 141 Å². The maximum absolute atomic E-state index is 11.7. The number of nitrogens with one attached hydrogen (secondary N) is 1. The molecule has 0 saturated heterocycles. The second-order valence-electron chi connectivity index (χ2n) is 4.87. The number of H-pyrrole nitrogens is 1. The number of ether oxygens (including phenoxy) is 1. The number of rotatable bonds is 4. The minimum absolute atomic E-state index is 0.203. The van der Waals surface area contributed by atoms with Crippen molar-refractivity contribution in [3.8, 4) is 11.4 Å². The average molecular weight is 351 g/mol. The highest BCUT2D eigenvalue weighted by Crippen LogP contribution is 2.31. The van der Waals surface area contributed by atoms with Crippen molar-refractivity contribution in [1.29, 1.82) is 0 Å². The molecule has 0 spiro atoms. The first-order chi connectivity index (χ1) is 11.1. The zero-order chi connectivity index (χ0) is 16.4. The summed E-state index contributed by atoms with van der Waals surface area (Å²) < 4.78 is 6.92. The molecule has 1 N–H and O–H groups in total. The minimum atomic E-state index is -0.422. The van der Waals surface area contributed by atoms with Crippen molar-refractivity contribution in [3.63, 3.8) is 0 Å². The van der Waals surface area contributed by atoms with Crippen molar-refractivity contribution in [2.75, 3.05) is 0 Å². The van der Waals surface area contributed by atoms with E-state index in [2.05, 4.69) is 15.5 Å². The molecule has 0 amide bonds. The fourth-order valence-corrected chi connectivity index (χ4v) is 2.52. The highest BCUT2D eigenvalue weighted by molar-refractivity contribution is 6.34. The van der Waals surface area contributed by atoms with Crippen molar-refractivity contribution < 1.29 is 4.74 Å². The summed E-state index contributed by atoms with van der Waals surface area (Å²) in [6.45, 7) is 2.07. The maximum atomic E-state index is 11.7. The monoisotopic (exact) mass is 350 g/mol. The number of para-hydroxylation sites is 1. The van der Waals surface area contributed by atoms with Gasteiger partial charge in [0.25, 0.3) is 0 Å². The Hall–Kier alpha value is -2.31. The first kappa shape index (κ1) is 15.6. The molecule has 0 radical (unpaired) electrons. The van der Waals surface area contributed by atoms with Gasteiger partial charge < -0.3 is 4.74 Å². The molecule has 1 heterocycles. The second-order valence-corrected chi connectivity index (χ2v) is 5.68. The topological polar surface area (TPSA) is 72.8 Å². The normalized spacial score (nSPS) is 10.7. The van der Waals surface area contributed by atoms with Gasteiger partial charge in [-0.3, -0.25) is 0 Å². The first-order valence-corrected chi connectivity index (χ1v) is 7.49. The third-order valence-electron chi connectivity index (χ3n) is 3.29. The fourth-order valence-electron chi connectivity index (χ4n) is 2.09. The number of aryl methyl sites for hydroxylation is 1. The van der Waals surface area contributed by atoms with Crippen LogP contribution in [0.15, 0.2) is 41.2 Å². The smallest absolute Gasteiger partial charge is 0.365 e. The lowest BCUT2D eigenvalue weighted by atomic mass is 10.2. The summed E-state index contributed by atoms with van der Waals surface area (Å²) in [7, 11) is 0. The van der Waals surface area contributed by atoms with E-state index in [-0.39, 0.29) is 6.61 Å². The number of benzene rings is 2. The number of halogens is 2. The molecule has 0 aliphatic heterocycles. The lowest BCUT2D eigenvalue weighted by Gasteiger charge is -2.12. The predicted octanol–water partition coefficient (Wildman–Crippen LogP) is 3.15. The summed E-state index contributed by atoms with van der Waals surface area (Å²) in [5.74, 6) is 0.476. The van der Waals surface area contributed by atoms with Crippen LogP contribution in [0.5, 0.6) is 5.75 Å². The highest BCUT2D eigenvalue weighted by atomic mass is 35.5. The summed E-state index contributed by atoms with van der Waals surface area (Å²) in [6.07, 6.45) is 0. The Bertz CT molecular complexity index is 904. The van der Waals surface area contributed by atoms with Gasteiger partial charge >= 0.3 is 5.69 Å². The molecule has 0 atom stereocenters. The van der Waals surface area contributed by atoms with Gasteiger partial charge in [0.15, 0.2) is 0 Å². The van der Waals surface area contributed by atoms with Crippen molar-refractivity contribution in [3.05, 3.63) is 68.1 Å². The Balaban J connectivity index is 1.89. The van der Waals surface area contributed by atoms with Crippen LogP contribution in [-0.4, -0.2) is 20.2 Å². The molecular weight excluding hydrogens is 339 g/mol. The molecule has 6 nitrogen and oxygen atoms in total. The van der Waals surface area contributed by atoms with Crippen LogP contribution in [0.3, 0.4) is 0 Å². The average Bonchev–Trinajstić information content (AvgIpc) is 2.96. The van der Waals surface area contributed by atoms with E-state index in [0.29, 0.717) is 21.5 Å². The van der Waals surface area contributed by atoms with E-state index < -0.39 is 5.69 Å². The van der Waals surface area contributed by atoms with Crippen LogP contribution in [-0.2, 0) is 6.61 Å². The van der Waals surface area contributed by atoms with E-state index in [9.17, 15) is 4.79 Å². The molecule has 23 heavy (non-hydrogen) atoms. The SMILES string of the molecule is Cc1cc(Cl)c(OCc2ccccc2-n2nn[nH]c2=O)cc1Cl. The molecule has 0 aliphatic carbocycles. The van der Waals surface area contributed by atoms with Gasteiger partial charge in [0.2, 0.25) is 0 Å². The van der Waals surface area contributed by atoms with E-state index in [0.717, 1.165) is 11.1 Å². The van der Waals surface area contributed by atoms with Gasteiger partial charge in [-0.25, -0.2) is 9.89 Å². The molecule has 0 fully saturated rings. The summed E-state index contributed by atoms with van der Waals surface area (Å²) in [5.41, 5.74) is 1.80. The van der Waals surface area contributed by atoms with Crippen molar-refractivity contribution >= 4 is 23.2 Å². The molecule has 2 aromatic carbocycles. The van der Waals surface area contributed by atoms with E-state index in [4.69, 9.17) is 27.9 Å². The standard InChI is InChI=1S/C15H12Cl2N4O2/c1-9-6-12(17)14(7-11(9)16)23-8-10-4-2-3-5-13(10)21-15(22)18-19-20-21/h2-7H,8H2,1H3,(H,18,20,22). The van der Waals surface area contributed by atoms with Gasteiger partial charge in [-0.15, -0.1) is 0 Å². The molecule has 1 aromatic heterocycles. The van der Waals surface area contributed by atoms with Crippen LogP contribution >= 0.6 is 23.2 Å². The lowest BCUT2D eigenvalue weighted by molar-refractivity contribution is 0.305. The van der Waals surface area contributed by atoms with Gasteiger partial charge in [0, 0.05) is 16.7 Å². The quantitative estimate of drug-likeness (QED) is 0.784. The molecule has 0 saturated carbocycles. The van der Waals surface area contributed by atoms with Crippen LogP contribution in [0, 0.1) is 6.92 Å². The molecule has 118 valence electrons. The zero-order valence-electron chi connectivity index (χ0n) is 12.1.